The highest BCUT2D eigenvalue weighted by molar-refractivity contribution is 5.70. The van der Waals surface area contributed by atoms with Gasteiger partial charge in [0, 0.05) is 12.8 Å². The number of rotatable bonds is 33. The van der Waals surface area contributed by atoms with Crippen LogP contribution in [0.4, 0.5) is 0 Å². The number of carbonyl (C=O) groups excluding carboxylic acids is 2. The molecule has 0 aromatic heterocycles. The van der Waals surface area contributed by atoms with Crippen LogP contribution in [0.2, 0.25) is 0 Å². The predicted molar refractivity (Wildman–Crippen MR) is 206 cm³/mol. The summed E-state index contributed by atoms with van der Waals surface area (Å²) in [5.41, 5.74) is 0. The minimum Gasteiger partial charge on any atom is -0.462 e. The Balaban J connectivity index is 2.39. The molecule has 1 heterocycles. The third-order valence-electron chi connectivity index (χ3n) is 9.25. The molecule has 0 aromatic rings. The summed E-state index contributed by atoms with van der Waals surface area (Å²) >= 11 is 0. The van der Waals surface area contributed by atoms with E-state index >= 15 is 0 Å². The fourth-order valence-electron chi connectivity index (χ4n) is 5.92. The van der Waals surface area contributed by atoms with Crippen molar-refractivity contribution >= 4 is 11.9 Å². The number of ether oxygens (including phenoxy) is 4. The Bertz CT molecular complexity index is 949. The van der Waals surface area contributed by atoms with E-state index in [4.69, 9.17) is 18.9 Å². The van der Waals surface area contributed by atoms with Gasteiger partial charge in [-0.1, -0.05) is 115 Å². The fourth-order valence-corrected chi connectivity index (χ4v) is 5.92. The highest BCUT2D eigenvalue weighted by Crippen LogP contribution is 2.22. The van der Waals surface area contributed by atoms with E-state index in [9.17, 15) is 30.0 Å². The number of esters is 2. The van der Waals surface area contributed by atoms with Crippen LogP contribution in [0.5, 0.6) is 0 Å². The number of allylic oxidation sites excluding steroid dienone is 6. The molecule has 0 aliphatic carbocycles. The first-order valence-electron chi connectivity index (χ1n) is 20.6. The van der Waals surface area contributed by atoms with Crippen molar-refractivity contribution < 1.29 is 49.0 Å². The molecule has 0 amide bonds. The first kappa shape index (κ1) is 47.9. The molecule has 0 bridgehead atoms. The molecule has 1 fully saturated rings. The maximum absolute atomic E-state index is 12.7. The van der Waals surface area contributed by atoms with Gasteiger partial charge in [-0.05, 0) is 70.6 Å². The van der Waals surface area contributed by atoms with E-state index in [0.717, 1.165) is 77.0 Å². The Morgan fingerprint density at radius 2 is 1.08 bits per heavy atom. The van der Waals surface area contributed by atoms with Gasteiger partial charge >= 0.3 is 11.9 Å². The Kier molecular flexibility index (Phi) is 30.9. The standard InChI is InChI=1S/C42H74O10/c1-3-5-7-9-11-13-15-17-18-19-21-22-24-26-28-30-37(44)49-33-35(34-50-42-41(48)40(47)39(46)36(32-43)52-42)51-38(45)31-29-27-25-23-20-16-14-12-10-8-6-4-2/h11-14,17-18,35-36,39-43,46-48H,3-10,15-16,19-34H2,1-2H3/b13-11+,14-12+,18-17+/t35-,36-,39+,40?,41?,42-/m0/s1. The molecule has 10 nitrogen and oxygen atoms in total. The third kappa shape index (κ3) is 25.0. The Morgan fingerprint density at radius 3 is 1.62 bits per heavy atom. The van der Waals surface area contributed by atoms with Gasteiger partial charge in [0.15, 0.2) is 12.4 Å². The van der Waals surface area contributed by atoms with Gasteiger partial charge in [-0.25, -0.2) is 0 Å². The van der Waals surface area contributed by atoms with E-state index in [2.05, 4.69) is 50.3 Å². The van der Waals surface area contributed by atoms with E-state index in [1.807, 2.05) is 0 Å². The molecule has 1 saturated heterocycles. The molecule has 302 valence electrons. The van der Waals surface area contributed by atoms with Crippen molar-refractivity contribution in [1.82, 2.24) is 0 Å². The van der Waals surface area contributed by atoms with Gasteiger partial charge in [-0.3, -0.25) is 9.59 Å². The third-order valence-corrected chi connectivity index (χ3v) is 9.25. The molecule has 0 radical (unpaired) electrons. The smallest absolute Gasteiger partial charge is 0.306 e. The molecule has 6 atom stereocenters. The van der Waals surface area contributed by atoms with Gasteiger partial charge in [0.2, 0.25) is 0 Å². The van der Waals surface area contributed by atoms with E-state index in [0.29, 0.717) is 12.8 Å². The van der Waals surface area contributed by atoms with Gasteiger partial charge < -0.3 is 39.4 Å². The van der Waals surface area contributed by atoms with Crippen LogP contribution in [0.1, 0.15) is 162 Å². The molecule has 52 heavy (non-hydrogen) atoms. The predicted octanol–water partition coefficient (Wildman–Crippen LogP) is 7.94. The summed E-state index contributed by atoms with van der Waals surface area (Å²) in [4.78, 5) is 25.2. The van der Waals surface area contributed by atoms with Crippen molar-refractivity contribution in [2.75, 3.05) is 19.8 Å². The first-order valence-corrected chi connectivity index (χ1v) is 20.6. The van der Waals surface area contributed by atoms with Crippen molar-refractivity contribution in [1.29, 1.82) is 0 Å². The zero-order valence-electron chi connectivity index (χ0n) is 32.6. The largest absolute Gasteiger partial charge is 0.462 e. The normalized spacial score (nSPS) is 21.4. The van der Waals surface area contributed by atoms with Gasteiger partial charge in [0.25, 0.3) is 0 Å². The minimum atomic E-state index is -1.60. The van der Waals surface area contributed by atoms with Gasteiger partial charge in [-0.2, -0.15) is 0 Å². The number of hydrogen-bond donors (Lipinski definition) is 4. The van der Waals surface area contributed by atoms with Crippen LogP contribution in [-0.2, 0) is 28.5 Å². The van der Waals surface area contributed by atoms with Crippen LogP contribution in [-0.4, -0.2) is 89.0 Å². The van der Waals surface area contributed by atoms with Gasteiger partial charge in [0.05, 0.1) is 13.2 Å². The van der Waals surface area contributed by atoms with Gasteiger partial charge in [0.1, 0.15) is 31.0 Å². The summed E-state index contributed by atoms with van der Waals surface area (Å²) < 4.78 is 22.1. The molecule has 4 N–H and O–H groups in total. The molecule has 2 unspecified atom stereocenters. The maximum Gasteiger partial charge on any atom is 0.306 e. The molecule has 1 rings (SSSR count). The van der Waals surface area contributed by atoms with Crippen LogP contribution in [0, 0.1) is 0 Å². The Morgan fingerprint density at radius 1 is 0.596 bits per heavy atom. The second-order valence-corrected chi connectivity index (χ2v) is 14.1. The van der Waals surface area contributed by atoms with Crippen LogP contribution in [0.3, 0.4) is 0 Å². The number of aliphatic hydroxyl groups excluding tert-OH is 4. The molecule has 1 aliphatic heterocycles. The summed E-state index contributed by atoms with van der Waals surface area (Å²) in [6.45, 7) is 3.33. The molecule has 1 aliphatic rings. The van der Waals surface area contributed by atoms with Crippen LogP contribution in [0.15, 0.2) is 36.5 Å². The summed E-state index contributed by atoms with van der Waals surface area (Å²) in [6.07, 6.45) is 28.6. The topological polar surface area (TPSA) is 152 Å². The quantitative estimate of drug-likeness (QED) is 0.0297. The number of hydrogen-bond acceptors (Lipinski definition) is 10. The molecule has 10 heteroatoms. The summed E-state index contributed by atoms with van der Waals surface area (Å²) in [5.74, 6) is -0.836. The van der Waals surface area contributed by atoms with Crippen LogP contribution < -0.4 is 0 Å². The average Bonchev–Trinajstić information content (AvgIpc) is 3.14. The van der Waals surface area contributed by atoms with E-state index in [1.165, 1.54) is 44.9 Å². The Labute approximate surface area is 315 Å². The number of aliphatic hydroxyl groups is 4. The molecule has 0 spiro atoms. The highest BCUT2D eigenvalue weighted by atomic mass is 16.7. The second-order valence-electron chi connectivity index (χ2n) is 14.1. The summed E-state index contributed by atoms with van der Waals surface area (Å²) in [7, 11) is 0. The molecular formula is C42H74O10. The van der Waals surface area contributed by atoms with Crippen molar-refractivity contribution in [3.05, 3.63) is 36.5 Å². The van der Waals surface area contributed by atoms with Crippen LogP contribution >= 0.6 is 0 Å². The lowest BCUT2D eigenvalue weighted by Gasteiger charge is -2.39. The fraction of sp³-hybridized carbons (Fsp3) is 0.810. The Hall–Kier alpha value is -2.08. The average molecular weight is 739 g/mol. The lowest BCUT2D eigenvalue weighted by Crippen LogP contribution is -2.59. The monoisotopic (exact) mass is 739 g/mol. The zero-order chi connectivity index (χ0) is 38.1. The van der Waals surface area contributed by atoms with Crippen molar-refractivity contribution in [2.24, 2.45) is 0 Å². The van der Waals surface area contributed by atoms with E-state index in [-0.39, 0.29) is 26.1 Å². The van der Waals surface area contributed by atoms with Crippen molar-refractivity contribution in [3.8, 4) is 0 Å². The van der Waals surface area contributed by atoms with E-state index < -0.39 is 55.4 Å². The number of carbonyl (C=O) groups is 2. The second kappa shape index (κ2) is 33.5. The van der Waals surface area contributed by atoms with E-state index in [1.54, 1.807) is 0 Å². The molecule has 0 saturated carbocycles. The van der Waals surface area contributed by atoms with Crippen molar-refractivity contribution in [2.45, 2.75) is 198 Å². The lowest BCUT2D eigenvalue weighted by atomic mass is 9.99. The summed E-state index contributed by atoms with van der Waals surface area (Å²) in [5, 5.41) is 39.9. The highest BCUT2D eigenvalue weighted by Gasteiger charge is 2.44. The molecular weight excluding hydrogens is 664 g/mol. The number of unbranched alkanes of at least 4 members (excludes halogenated alkanes) is 16. The van der Waals surface area contributed by atoms with Crippen LogP contribution in [0.25, 0.3) is 0 Å². The summed E-state index contributed by atoms with van der Waals surface area (Å²) in [6, 6.07) is 0. The minimum absolute atomic E-state index is 0.216. The molecule has 0 aromatic carbocycles. The maximum atomic E-state index is 12.7. The lowest BCUT2D eigenvalue weighted by molar-refractivity contribution is -0.305. The zero-order valence-corrected chi connectivity index (χ0v) is 32.6. The van der Waals surface area contributed by atoms with Crippen molar-refractivity contribution in [3.63, 3.8) is 0 Å². The first-order chi connectivity index (χ1) is 25.3. The SMILES string of the molecule is CCCCC/C=C/C/C=C/CCCCCCCC(=O)OC[C@@H](CO[C@H]1O[C@@H](CO)[C@@H](O)C(O)C1O)OC(=O)CCCCCCC/C=C/CCCCC. The van der Waals surface area contributed by atoms with Gasteiger partial charge in [-0.15, -0.1) is 0 Å².